The molecule has 98 valence electrons. The number of piperazine rings is 1. The first-order chi connectivity index (χ1) is 8.59. The number of carbonyl (C=O) groups excluding carboxylic acids is 1. The Balaban J connectivity index is 1.99. The molecule has 2 heterocycles. The number of carbonyl (C=O) groups is 1. The van der Waals surface area contributed by atoms with Gasteiger partial charge in [0.15, 0.2) is 0 Å². The van der Waals surface area contributed by atoms with Crippen LogP contribution in [0.4, 0.5) is 5.82 Å². The number of pyridine rings is 1. The van der Waals surface area contributed by atoms with Crippen molar-refractivity contribution in [3.8, 4) is 0 Å². The molecule has 18 heavy (non-hydrogen) atoms. The smallest absolute Gasteiger partial charge is 0.239 e. The van der Waals surface area contributed by atoms with E-state index in [0.29, 0.717) is 18.1 Å². The average Bonchev–Trinajstić information content (AvgIpc) is 2.38. The molecule has 1 saturated heterocycles. The van der Waals surface area contributed by atoms with E-state index < -0.39 is 6.04 Å². The zero-order chi connectivity index (χ0) is 13.1. The van der Waals surface area contributed by atoms with Gasteiger partial charge in [-0.15, -0.1) is 0 Å². The Morgan fingerprint density at radius 1 is 1.44 bits per heavy atom. The number of nitrogens with zero attached hydrogens (tertiary/aromatic N) is 3. The molecule has 0 aliphatic carbocycles. The van der Waals surface area contributed by atoms with Crippen LogP contribution in [0.2, 0.25) is 5.02 Å². The van der Waals surface area contributed by atoms with Crippen molar-refractivity contribution in [2.24, 2.45) is 5.73 Å². The lowest BCUT2D eigenvalue weighted by molar-refractivity contribution is -0.132. The lowest BCUT2D eigenvalue weighted by Crippen LogP contribution is -2.52. The van der Waals surface area contributed by atoms with Gasteiger partial charge in [0.25, 0.3) is 0 Å². The van der Waals surface area contributed by atoms with Crippen LogP contribution in [0, 0.1) is 0 Å². The third-order valence-corrected chi connectivity index (χ3v) is 3.31. The van der Waals surface area contributed by atoms with Crippen molar-refractivity contribution in [1.29, 1.82) is 0 Å². The number of halogens is 1. The Kier molecular flexibility index (Phi) is 4.04. The summed E-state index contributed by atoms with van der Waals surface area (Å²) in [5.74, 6) is 0.786. The van der Waals surface area contributed by atoms with E-state index in [-0.39, 0.29) is 5.91 Å². The van der Waals surface area contributed by atoms with Crippen molar-refractivity contribution in [2.45, 2.75) is 13.0 Å². The van der Waals surface area contributed by atoms with Crippen molar-refractivity contribution in [1.82, 2.24) is 9.88 Å². The Bertz CT molecular complexity index is 430. The van der Waals surface area contributed by atoms with Crippen LogP contribution < -0.4 is 10.6 Å². The molecule has 1 atom stereocenters. The molecule has 1 aromatic rings. The first-order valence-electron chi connectivity index (χ1n) is 5.99. The van der Waals surface area contributed by atoms with Gasteiger partial charge in [-0.25, -0.2) is 4.98 Å². The largest absolute Gasteiger partial charge is 0.352 e. The van der Waals surface area contributed by atoms with Crippen LogP contribution in [0.1, 0.15) is 6.92 Å². The fourth-order valence-corrected chi connectivity index (χ4v) is 2.28. The molecule has 5 nitrogen and oxygen atoms in total. The second-order valence-corrected chi connectivity index (χ2v) is 4.82. The Morgan fingerprint density at radius 2 is 2.11 bits per heavy atom. The van der Waals surface area contributed by atoms with Crippen molar-refractivity contribution in [3.05, 3.63) is 23.4 Å². The molecule has 0 bridgehead atoms. The van der Waals surface area contributed by atoms with E-state index in [1.54, 1.807) is 18.0 Å². The molecule has 0 saturated carbocycles. The fraction of sp³-hybridized carbons (Fsp3) is 0.500. The van der Waals surface area contributed by atoms with Gasteiger partial charge in [0.1, 0.15) is 5.82 Å². The topological polar surface area (TPSA) is 62.5 Å². The molecule has 1 fully saturated rings. The number of aromatic nitrogens is 1. The lowest BCUT2D eigenvalue weighted by Gasteiger charge is -2.36. The molecule has 2 N–H and O–H groups in total. The van der Waals surface area contributed by atoms with Gasteiger partial charge >= 0.3 is 0 Å². The number of nitrogens with two attached hydrogens (primary N) is 1. The molecule has 6 heteroatoms. The van der Waals surface area contributed by atoms with Crippen LogP contribution >= 0.6 is 11.6 Å². The molecular weight excluding hydrogens is 252 g/mol. The summed E-state index contributed by atoms with van der Waals surface area (Å²) in [5, 5.41) is 0.643. The predicted octanol–water partition coefficient (Wildman–Crippen LogP) is 0.731. The Labute approximate surface area is 112 Å². The highest BCUT2D eigenvalue weighted by Gasteiger charge is 2.24. The zero-order valence-corrected chi connectivity index (χ0v) is 11.1. The van der Waals surface area contributed by atoms with E-state index in [9.17, 15) is 4.79 Å². The van der Waals surface area contributed by atoms with Gasteiger partial charge in [-0.05, 0) is 19.1 Å². The third kappa shape index (κ3) is 2.73. The van der Waals surface area contributed by atoms with Crippen LogP contribution in [0.15, 0.2) is 18.3 Å². The molecule has 1 unspecified atom stereocenters. The van der Waals surface area contributed by atoms with E-state index in [4.69, 9.17) is 17.3 Å². The van der Waals surface area contributed by atoms with Crippen molar-refractivity contribution in [3.63, 3.8) is 0 Å². The second-order valence-electron chi connectivity index (χ2n) is 4.41. The van der Waals surface area contributed by atoms with Gasteiger partial charge < -0.3 is 15.5 Å². The number of amides is 1. The summed E-state index contributed by atoms with van der Waals surface area (Å²) in [7, 11) is 0. The highest BCUT2D eigenvalue weighted by Crippen LogP contribution is 2.23. The van der Waals surface area contributed by atoms with Crippen LogP contribution in [0.3, 0.4) is 0 Å². The molecule has 0 spiro atoms. The second kappa shape index (κ2) is 5.54. The quantitative estimate of drug-likeness (QED) is 0.859. The predicted molar refractivity (Wildman–Crippen MR) is 71.7 cm³/mol. The summed E-state index contributed by atoms with van der Waals surface area (Å²) >= 11 is 6.10. The van der Waals surface area contributed by atoms with Crippen LogP contribution in [-0.2, 0) is 4.79 Å². The molecular formula is C12H17ClN4O. The van der Waals surface area contributed by atoms with E-state index in [1.165, 1.54) is 0 Å². The fourth-order valence-electron chi connectivity index (χ4n) is 2.04. The molecule has 0 radical (unpaired) electrons. The van der Waals surface area contributed by atoms with E-state index in [2.05, 4.69) is 9.88 Å². The van der Waals surface area contributed by atoms with E-state index in [0.717, 1.165) is 18.9 Å². The van der Waals surface area contributed by atoms with E-state index >= 15 is 0 Å². The minimum Gasteiger partial charge on any atom is -0.352 e. The van der Waals surface area contributed by atoms with Crippen LogP contribution in [0.5, 0.6) is 0 Å². The summed E-state index contributed by atoms with van der Waals surface area (Å²) in [4.78, 5) is 19.9. The van der Waals surface area contributed by atoms with Crippen molar-refractivity contribution >= 4 is 23.3 Å². The third-order valence-electron chi connectivity index (χ3n) is 3.02. The Morgan fingerprint density at radius 3 is 2.67 bits per heavy atom. The monoisotopic (exact) mass is 268 g/mol. The first kappa shape index (κ1) is 13.1. The maximum absolute atomic E-state index is 11.7. The minimum atomic E-state index is -0.435. The maximum Gasteiger partial charge on any atom is 0.239 e. The average molecular weight is 269 g/mol. The highest BCUT2D eigenvalue weighted by atomic mass is 35.5. The van der Waals surface area contributed by atoms with Gasteiger partial charge in [0, 0.05) is 32.4 Å². The normalized spacial score (nSPS) is 17.7. The molecule has 1 aliphatic rings. The summed E-state index contributed by atoms with van der Waals surface area (Å²) in [5.41, 5.74) is 5.60. The molecule has 1 aromatic heterocycles. The summed E-state index contributed by atoms with van der Waals surface area (Å²) in [6.45, 7) is 4.50. The molecule has 1 amide bonds. The number of rotatable bonds is 2. The lowest BCUT2D eigenvalue weighted by atomic mass is 10.2. The van der Waals surface area contributed by atoms with Gasteiger partial charge in [0.05, 0.1) is 11.1 Å². The van der Waals surface area contributed by atoms with Gasteiger partial charge in [0.2, 0.25) is 5.91 Å². The highest BCUT2D eigenvalue weighted by molar-refractivity contribution is 6.32. The maximum atomic E-state index is 11.7. The number of hydrogen-bond acceptors (Lipinski definition) is 4. The van der Waals surface area contributed by atoms with Crippen molar-refractivity contribution in [2.75, 3.05) is 31.1 Å². The number of anilines is 1. The van der Waals surface area contributed by atoms with Crippen LogP contribution in [0.25, 0.3) is 0 Å². The van der Waals surface area contributed by atoms with Gasteiger partial charge in [-0.2, -0.15) is 0 Å². The summed E-state index contributed by atoms with van der Waals surface area (Å²) in [6.07, 6.45) is 1.72. The van der Waals surface area contributed by atoms with Gasteiger partial charge in [-0.3, -0.25) is 4.79 Å². The molecule has 1 aliphatic heterocycles. The molecule has 0 aromatic carbocycles. The minimum absolute atomic E-state index is 0.00164. The number of hydrogen-bond donors (Lipinski definition) is 1. The first-order valence-corrected chi connectivity index (χ1v) is 6.37. The summed E-state index contributed by atoms with van der Waals surface area (Å²) < 4.78 is 0. The van der Waals surface area contributed by atoms with E-state index in [1.807, 2.05) is 12.1 Å². The summed E-state index contributed by atoms with van der Waals surface area (Å²) in [6, 6.07) is 3.19. The standard InChI is InChI=1S/C12H17ClN4O/c1-9(14)12(18)17-7-5-16(6-8-17)11-10(13)3-2-4-15-11/h2-4,9H,5-8,14H2,1H3. The Hall–Kier alpha value is -1.33. The molecule has 2 rings (SSSR count). The zero-order valence-electron chi connectivity index (χ0n) is 10.3. The van der Waals surface area contributed by atoms with Crippen molar-refractivity contribution < 1.29 is 4.79 Å². The van der Waals surface area contributed by atoms with Gasteiger partial charge in [-0.1, -0.05) is 11.6 Å². The van der Waals surface area contributed by atoms with Crippen LogP contribution in [-0.4, -0.2) is 48.0 Å². The SMILES string of the molecule is CC(N)C(=O)N1CCN(c2ncccc2Cl)CC1.